The van der Waals surface area contributed by atoms with Gasteiger partial charge in [-0.25, -0.2) is 4.79 Å². The Kier molecular flexibility index (Phi) is 4.33. The first-order chi connectivity index (χ1) is 10.5. The second-order valence-electron chi connectivity index (χ2n) is 4.70. The summed E-state index contributed by atoms with van der Waals surface area (Å²) in [6.45, 7) is 0. The minimum absolute atomic E-state index is 0.0138. The van der Waals surface area contributed by atoms with Crippen molar-refractivity contribution in [3.05, 3.63) is 44.2 Å². The van der Waals surface area contributed by atoms with E-state index in [4.69, 9.17) is 0 Å². The van der Waals surface area contributed by atoms with Gasteiger partial charge in [-0.15, -0.1) is 11.8 Å². The second kappa shape index (κ2) is 6.10. The van der Waals surface area contributed by atoms with Gasteiger partial charge in [0.05, 0.1) is 21.8 Å². The maximum atomic E-state index is 12.1. The van der Waals surface area contributed by atoms with E-state index < -0.39 is 5.97 Å². The van der Waals surface area contributed by atoms with Crippen molar-refractivity contribution in [1.29, 1.82) is 0 Å². The molecule has 1 saturated heterocycles. The molecular formula is C14H10BrNO4S2. The Balaban J connectivity index is 1.71. The summed E-state index contributed by atoms with van der Waals surface area (Å²) in [5.41, 5.74) is 0.593. The van der Waals surface area contributed by atoms with Gasteiger partial charge in [0, 0.05) is 10.0 Å². The number of Topliss-reactive ketones (excluding diaryl/α,β-unsaturated/α-hetero) is 1. The Morgan fingerprint density at radius 2 is 2.05 bits per heavy atom. The minimum Gasteiger partial charge on any atom is -0.477 e. The maximum Gasteiger partial charge on any atom is 0.354 e. The summed E-state index contributed by atoms with van der Waals surface area (Å²) in [4.78, 5) is 36.3. The van der Waals surface area contributed by atoms with E-state index in [1.54, 1.807) is 24.3 Å². The van der Waals surface area contributed by atoms with Crippen molar-refractivity contribution in [2.45, 2.75) is 11.8 Å². The lowest BCUT2D eigenvalue weighted by Gasteiger charge is -2.33. The van der Waals surface area contributed by atoms with Gasteiger partial charge in [0.2, 0.25) is 5.91 Å². The van der Waals surface area contributed by atoms with Crippen molar-refractivity contribution in [3.8, 4) is 0 Å². The minimum atomic E-state index is -1.12. The van der Waals surface area contributed by atoms with Crippen molar-refractivity contribution in [2.24, 2.45) is 0 Å². The fourth-order valence-electron chi connectivity index (χ4n) is 2.17. The van der Waals surface area contributed by atoms with E-state index >= 15 is 0 Å². The summed E-state index contributed by atoms with van der Waals surface area (Å²) in [6.07, 6.45) is 0.353. The second-order valence-corrected chi connectivity index (χ2v) is 8.05. The summed E-state index contributed by atoms with van der Waals surface area (Å²) in [5.74, 6) is -1.22. The number of carboxylic acids is 1. The number of carbonyl (C=O) groups excluding carboxylic acids is 2. The summed E-state index contributed by atoms with van der Waals surface area (Å²) >= 11 is 5.84. The topological polar surface area (TPSA) is 74.7 Å². The maximum absolute atomic E-state index is 12.1. The molecule has 0 bridgehead atoms. The highest BCUT2D eigenvalue weighted by atomic mass is 79.9. The van der Waals surface area contributed by atoms with Gasteiger partial charge in [0.15, 0.2) is 11.5 Å². The molecule has 1 atom stereocenters. The van der Waals surface area contributed by atoms with Crippen LogP contribution in [0.2, 0.25) is 0 Å². The number of carboxylic acid groups (broad SMARTS) is 1. The quantitative estimate of drug-likeness (QED) is 0.605. The third-order valence-corrected chi connectivity index (χ3v) is 6.38. The van der Waals surface area contributed by atoms with E-state index in [2.05, 4.69) is 15.9 Å². The largest absolute Gasteiger partial charge is 0.477 e. The van der Waals surface area contributed by atoms with Gasteiger partial charge in [-0.1, -0.05) is 39.8 Å². The van der Waals surface area contributed by atoms with Crippen LogP contribution in [-0.2, 0) is 9.59 Å². The molecule has 1 fully saturated rings. The molecule has 2 aliphatic rings. The van der Waals surface area contributed by atoms with Crippen molar-refractivity contribution < 1.29 is 19.5 Å². The van der Waals surface area contributed by atoms with E-state index in [0.29, 0.717) is 16.2 Å². The Hall–Kier alpha value is -1.25. The molecule has 0 spiro atoms. The lowest BCUT2D eigenvalue weighted by Crippen LogP contribution is -2.48. The molecule has 2 heterocycles. The van der Waals surface area contributed by atoms with Crippen LogP contribution in [0.3, 0.4) is 0 Å². The molecule has 0 radical (unpaired) electrons. The molecule has 0 aliphatic carbocycles. The average molecular weight is 400 g/mol. The zero-order valence-corrected chi connectivity index (χ0v) is 14.3. The normalized spacial score (nSPS) is 20.0. The number of thioether (sulfide) groups is 2. The Bertz CT molecular complexity index is 701. The predicted molar refractivity (Wildman–Crippen MR) is 88.4 cm³/mol. The highest BCUT2D eigenvalue weighted by molar-refractivity contribution is 9.10. The van der Waals surface area contributed by atoms with Gasteiger partial charge in [0.25, 0.3) is 0 Å². The molecule has 3 rings (SSSR count). The number of rotatable bonds is 5. The number of carbonyl (C=O) groups is 3. The van der Waals surface area contributed by atoms with Gasteiger partial charge >= 0.3 is 5.97 Å². The third-order valence-electron chi connectivity index (χ3n) is 3.29. The van der Waals surface area contributed by atoms with Crippen LogP contribution in [0.5, 0.6) is 0 Å². The zero-order chi connectivity index (χ0) is 15.9. The number of amides is 1. The molecule has 1 aromatic rings. The number of hydrogen-bond acceptors (Lipinski definition) is 5. The average Bonchev–Trinajstić information content (AvgIpc) is 2.78. The zero-order valence-electron chi connectivity index (χ0n) is 11.1. The molecule has 2 aliphatic heterocycles. The van der Waals surface area contributed by atoms with Gasteiger partial charge < -0.3 is 5.11 Å². The van der Waals surface area contributed by atoms with Gasteiger partial charge in [0.1, 0.15) is 0 Å². The van der Waals surface area contributed by atoms with Crippen LogP contribution in [0, 0.1) is 0 Å². The van der Waals surface area contributed by atoms with Gasteiger partial charge in [-0.3, -0.25) is 14.5 Å². The third kappa shape index (κ3) is 2.82. The fraction of sp³-hybridized carbons (Fsp3) is 0.214. The van der Waals surface area contributed by atoms with E-state index in [-0.39, 0.29) is 28.5 Å². The molecule has 8 heteroatoms. The smallest absolute Gasteiger partial charge is 0.354 e. The van der Waals surface area contributed by atoms with Crippen LogP contribution in [0.1, 0.15) is 16.8 Å². The molecule has 1 N–H and O–H groups in total. The van der Waals surface area contributed by atoms with Crippen molar-refractivity contribution in [2.75, 3.05) is 5.75 Å². The van der Waals surface area contributed by atoms with Crippen molar-refractivity contribution >= 4 is 57.1 Å². The van der Waals surface area contributed by atoms with Gasteiger partial charge in [-0.05, 0) is 12.1 Å². The van der Waals surface area contributed by atoms with Crippen molar-refractivity contribution in [1.82, 2.24) is 4.90 Å². The summed E-state index contributed by atoms with van der Waals surface area (Å²) in [7, 11) is 0. The monoisotopic (exact) mass is 399 g/mol. The Morgan fingerprint density at radius 1 is 1.36 bits per heavy atom. The molecule has 1 amide bonds. The van der Waals surface area contributed by atoms with Crippen molar-refractivity contribution in [3.63, 3.8) is 0 Å². The molecule has 0 aromatic heterocycles. The molecule has 5 nitrogen and oxygen atoms in total. The SMILES string of the molecule is O=C(O)C1=C(SCC(=O)c2ccc(Br)cc2)S[C@H]2CC(=O)N12. The molecule has 0 saturated carbocycles. The molecular weight excluding hydrogens is 390 g/mol. The molecule has 22 heavy (non-hydrogen) atoms. The van der Waals surface area contributed by atoms with Crippen LogP contribution in [0.25, 0.3) is 0 Å². The number of aliphatic carboxylic acids is 1. The lowest BCUT2D eigenvalue weighted by atomic mass is 10.2. The number of hydrogen-bond donors (Lipinski definition) is 1. The number of ketones is 1. The van der Waals surface area contributed by atoms with Crippen LogP contribution in [-0.4, -0.2) is 38.8 Å². The molecule has 1 aromatic carbocycles. The Labute approximate surface area is 143 Å². The highest BCUT2D eigenvalue weighted by Gasteiger charge is 2.48. The van der Waals surface area contributed by atoms with Gasteiger partial charge in [-0.2, -0.15) is 0 Å². The first kappa shape index (κ1) is 15.6. The standard InChI is InChI=1S/C14H10BrNO4S2/c15-8-3-1-7(2-4-8)9(17)6-21-14-12(13(19)20)16-10(18)5-11(16)22-14/h1-4,11H,5-6H2,(H,19,20)/t11-/m0/s1. The Morgan fingerprint density at radius 3 is 2.64 bits per heavy atom. The molecule has 0 unspecified atom stereocenters. The predicted octanol–water partition coefficient (Wildman–Crippen LogP) is 2.92. The van der Waals surface area contributed by atoms with E-state index in [1.807, 2.05) is 0 Å². The van der Waals surface area contributed by atoms with E-state index in [0.717, 1.165) is 4.47 Å². The number of benzene rings is 1. The van der Waals surface area contributed by atoms with Crippen LogP contribution in [0.4, 0.5) is 0 Å². The number of β-lactam (4-membered cyclic amide) rings is 1. The van der Waals surface area contributed by atoms with Crippen LogP contribution < -0.4 is 0 Å². The number of nitrogens with zero attached hydrogens (tertiary/aromatic N) is 1. The van der Waals surface area contributed by atoms with E-state index in [9.17, 15) is 19.5 Å². The number of halogens is 1. The summed E-state index contributed by atoms with van der Waals surface area (Å²) in [5, 5.41) is 9.15. The fourth-order valence-corrected chi connectivity index (χ4v) is 5.07. The first-order valence-corrected chi connectivity index (χ1v) is 9.01. The van der Waals surface area contributed by atoms with E-state index in [1.165, 1.54) is 28.4 Å². The first-order valence-electron chi connectivity index (χ1n) is 6.35. The lowest BCUT2D eigenvalue weighted by molar-refractivity contribution is -0.145. The summed E-state index contributed by atoms with van der Waals surface area (Å²) < 4.78 is 1.43. The van der Waals surface area contributed by atoms with Crippen LogP contribution in [0.15, 0.2) is 38.7 Å². The summed E-state index contributed by atoms with van der Waals surface area (Å²) in [6, 6.07) is 7.01. The highest BCUT2D eigenvalue weighted by Crippen LogP contribution is 2.50. The van der Waals surface area contributed by atoms with Crippen LogP contribution >= 0.6 is 39.5 Å². The molecule has 114 valence electrons. The number of fused-ring (bicyclic) bond motifs is 1.